The van der Waals surface area contributed by atoms with E-state index in [9.17, 15) is 13.2 Å². The number of ether oxygens (including phenoxy) is 1. The van der Waals surface area contributed by atoms with E-state index >= 15 is 0 Å². The minimum absolute atomic E-state index is 0.313. The summed E-state index contributed by atoms with van der Waals surface area (Å²) in [5.74, 6) is 0.0262. The molecular weight excluding hydrogens is 373 g/mol. The monoisotopic (exact) mass is 384 g/mol. The lowest BCUT2D eigenvalue weighted by atomic mass is 10.1. The molecule has 4 rings (SSSR count). The lowest BCUT2D eigenvalue weighted by Gasteiger charge is -2.10. The highest BCUT2D eigenvalue weighted by Gasteiger charge is 2.31. The van der Waals surface area contributed by atoms with E-state index in [1.54, 1.807) is 36.5 Å². The molecule has 1 aromatic carbocycles. The Balaban J connectivity index is 1.64. The number of aromatic nitrogens is 6. The van der Waals surface area contributed by atoms with E-state index < -0.39 is 6.36 Å². The minimum Gasteiger partial charge on any atom is -0.406 e. The lowest BCUT2D eigenvalue weighted by Crippen LogP contribution is -2.17. The molecule has 0 aliphatic carbocycles. The van der Waals surface area contributed by atoms with E-state index in [0.29, 0.717) is 28.3 Å². The highest BCUT2D eigenvalue weighted by Crippen LogP contribution is 2.28. The van der Waals surface area contributed by atoms with Gasteiger partial charge < -0.3 is 4.74 Å². The third kappa shape index (κ3) is 3.95. The Morgan fingerprint density at radius 2 is 1.82 bits per heavy atom. The van der Waals surface area contributed by atoms with E-state index in [4.69, 9.17) is 0 Å². The standard InChI is InChI=1S/C18H11F3N6O/c19-18(20,21)28-15-5-3-4-12(9-15)13-8-14(11-22-10-13)27-25-17(24-26-27)16-6-1-2-7-23-16/h1-11H. The first-order valence-electron chi connectivity index (χ1n) is 8.01. The average Bonchev–Trinajstić information content (AvgIpc) is 3.18. The van der Waals surface area contributed by atoms with E-state index in [1.807, 2.05) is 0 Å². The zero-order valence-electron chi connectivity index (χ0n) is 14.1. The maximum absolute atomic E-state index is 12.4. The molecule has 140 valence electrons. The van der Waals surface area contributed by atoms with E-state index in [2.05, 4.69) is 30.1 Å². The zero-order chi connectivity index (χ0) is 19.6. The van der Waals surface area contributed by atoms with Crippen LogP contribution < -0.4 is 4.74 Å². The number of nitrogens with zero attached hydrogens (tertiary/aromatic N) is 6. The van der Waals surface area contributed by atoms with Gasteiger partial charge in [-0.25, -0.2) is 0 Å². The Bertz CT molecular complexity index is 1100. The van der Waals surface area contributed by atoms with Crippen LogP contribution in [-0.4, -0.2) is 36.5 Å². The molecule has 0 aliphatic heterocycles. The van der Waals surface area contributed by atoms with Crippen LogP contribution >= 0.6 is 0 Å². The van der Waals surface area contributed by atoms with E-state index in [1.165, 1.54) is 35.4 Å². The number of tetrazole rings is 1. The van der Waals surface area contributed by atoms with Crippen molar-refractivity contribution in [3.8, 4) is 34.1 Å². The summed E-state index contributed by atoms with van der Waals surface area (Å²) in [5.41, 5.74) is 2.13. The Morgan fingerprint density at radius 1 is 0.929 bits per heavy atom. The van der Waals surface area contributed by atoms with Crippen molar-refractivity contribution in [3.63, 3.8) is 0 Å². The van der Waals surface area contributed by atoms with Crippen molar-refractivity contribution in [3.05, 3.63) is 67.1 Å². The fourth-order valence-corrected chi connectivity index (χ4v) is 2.49. The summed E-state index contributed by atoms with van der Waals surface area (Å²) in [6, 6.07) is 12.6. The molecule has 0 atom stereocenters. The maximum Gasteiger partial charge on any atom is 0.573 e. The summed E-state index contributed by atoms with van der Waals surface area (Å²) >= 11 is 0. The quantitative estimate of drug-likeness (QED) is 0.534. The van der Waals surface area contributed by atoms with Gasteiger partial charge >= 0.3 is 6.36 Å². The van der Waals surface area contributed by atoms with Gasteiger partial charge in [-0.15, -0.1) is 28.2 Å². The lowest BCUT2D eigenvalue weighted by molar-refractivity contribution is -0.274. The first-order chi connectivity index (χ1) is 13.5. The number of benzene rings is 1. The minimum atomic E-state index is -4.76. The van der Waals surface area contributed by atoms with Crippen LogP contribution in [0.3, 0.4) is 0 Å². The largest absolute Gasteiger partial charge is 0.573 e. The molecule has 0 N–H and O–H groups in total. The molecule has 0 amide bonds. The predicted molar refractivity (Wildman–Crippen MR) is 92.3 cm³/mol. The Hall–Kier alpha value is -3.82. The van der Waals surface area contributed by atoms with Crippen molar-refractivity contribution in [1.29, 1.82) is 0 Å². The highest BCUT2D eigenvalue weighted by molar-refractivity contribution is 5.66. The summed E-state index contributed by atoms with van der Waals surface area (Å²) in [6.45, 7) is 0. The normalized spacial score (nSPS) is 11.4. The Morgan fingerprint density at radius 3 is 2.61 bits per heavy atom. The molecule has 0 unspecified atom stereocenters. The van der Waals surface area contributed by atoms with Gasteiger partial charge in [-0.2, -0.15) is 0 Å². The summed E-state index contributed by atoms with van der Waals surface area (Å²) in [7, 11) is 0. The van der Waals surface area contributed by atoms with Gasteiger partial charge in [0.2, 0.25) is 5.82 Å². The van der Waals surface area contributed by atoms with Crippen LogP contribution in [0.25, 0.3) is 28.3 Å². The SMILES string of the molecule is FC(F)(F)Oc1cccc(-c2cncc(-n3nnc(-c4ccccn4)n3)c2)c1. The Labute approximate surface area is 156 Å². The second-order valence-corrected chi connectivity index (χ2v) is 5.62. The fourth-order valence-electron chi connectivity index (χ4n) is 2.49. The zero-order valence-corrected chi connectivity index (χ0v) is 14.1. The number of alkyl halides is 3. The van der Waals surface area contributed by atoms with Crippen molar-refractivity contribution in [2.24, 2.45) is 0 Å². The molecule has 0 radical (unpaired) electrons. The van der Waals surface area contributed by atoms with Crippen molar-refractivity contribution in [1.82, 2.24) is 30.2 Å². The molecule has 10 heteroatoms. The second kappa shape index (κ2) is 7.06. The van der Waals surface area contributed by atoms with Gasteiger partial charge in [0, 0.05) is 18.0 Å². The smallest absolute Gasteiger partial charge is 0.406 e. The number of pyridine rings is 2. The fraction of sp³-hybridized carbons (Fsp3) is 0.0556. The molecule has 28 heavy (non-hydrogen) atoms. The van der Waals surface area contributed by atoms with Crippen LogP contribution in [0.4, 0.5) is 13.2 Å². The van der Waals surface area contributed by atoms with Crippen molar-refractivity contribution < 1.29 is 17.9 Å². The third-order valence-electron chi connectivity index (χ3n) is 3.66. The average molecular weight is 384 g/mol. The number of halogens is 3. The van der Waals surface area contributed by atoms with Crippen LogP contribution in [-0.2, 0) is 0 Å². The van der Waals surface area contributed by atoms with Crippen molar-refractivity contribution in [2.75, 3.05) is 0 Å². The van der Waals surface area contributed by atoms with E-state index in [-0.39, 0.29) is 5.75 Å². The molecule has 4 aromatic rings. The molecule has 7 nitrogen and oxygen atoms in total. The van der Waals surface area contributed by atoms with Crippen LogP contribution in [0.2, 0.25) is 0 Å². The molecule has 0 saturated heterocycles. The van der Waals surface area contributed by atoms with Crippen molar-refractivity contribution >= 4 is 0 Å². The molecule has 0 bridgehead atoms. The summed E-state index contributed by atoms with van der Waals surface area (Å²) < 4.78 is 41.3. The predicted octanol–water partition coefficient (Wildman–Crippen LogP) is 3.68. The topological polar surface area (TPSA) is 78.6 Å². The highest BCUT2D eigenvalue weighted by atomic mass is 19.4. The van der Waals surface area contributed by atoms with Crippen LogP contribution in [0, 0.1) is 0 Å². The Kier molecular flexibility index (Phi) is 4.44. The molecule has 3 heterocycles. The van der Waals surface area contributed by atoms with E-state index in [0.717, 1.165) is 0 Å². The van der Waals surface area contributed by atoms with Crippen LogP contribution in [0.1, 0.15) is 0 Å². The first-order valence-corrected chi connectivity index (χ1v) is 8.01. The molecule has 0 spiro atoms. The number of rotatable bonds is 4. The van der Waals surface area contributed by atoms with Gasteiger partial charge in [0.1, 0.15) is 17.1 Å². The van der Waals surface area contributed by atoms with Gasteiger partial charge in [0.05, 0.1) is 6.20 Å². The van der Waals surface area contributed by atoms with Gasteiger partial charge in [-0.1, -0.05) is 18.2 Å². The molecule has 0 fully saturated rings. The van der Waals surface area contributed by atoms with Crippen LogP contribution in [0.5, 0.6) is 5.75 Å². The van der Waals surface area contributed by atoms with Gasteiger partial charge in [-0.05, 0) is 41.1 Å². The maximum atomic E-state index is 12.4. The van der Waals surface area contributed by atoms with Crippen LogP contribution in [0.15, 0.2) is 67.1 Å². The summed E-state index contributed by atoms with van der Waals surface area (Å²) in [4.78, 5) is 9.55. The molecular formula is C18H11F3N6O. The molecule has 0 saturated carbocycles. The third-order valence-corrected chi connectivity index (χ3v) is 3.66. The number of hydrogen-bond donors (Lipinski definition) is 0. The van der Waals surface area contributed by atoms with Gasteiger partial charge in [0.25, 0.3) is 0 Å². The van der Waals surface area contributed by atoms with Crippen molar-refractivity contribution in [2.45, 2.75) is 6.36 Å². The second-order valence-electron chi connectivity index (χ2n) is 5.62. The summed E-state index contributed by atoms with van der Waals surface area (Å²) in [5, 5.41) is 12.2. The molecule has 0 aliphatic rings. The first kappa shape index (κ1) is 17.6. The molecule has 3 aromatic heterocycles. The number of hydrogen-bond acceptors (Lipinski definition) is 6. The van der Waals surface area contributed by atoms with Gasteiger partial charge in [0.15, 0.2) is 0 Å². The van der Waals surface area contributed by atoms with Gasteiger partial charge in [-0.3, -0.25) is 9.97 Å². The summed E-state index contributed by atoms with van der Waals surface area (Å²) in [6.07, 6.45) is -0.101.